The first-order chi connectivity index (χ1) is 9.96. The van der Waals surface area contributed by atoms with Crippen LogP contribution in [-0.2, 0) is 16.8 Å². The molecular weight excluding hydrogens is 302 g/mol. The maximum absolute atomic E-state index is 12.5. The van der Waals surface area contributed by atoms with Crippen molar-refractivity contribution in [3.63, 3.8) is 0 Å². The molecule has 1 fully saturated rings. The Hall–Kier alpha value is -0.510. The molecule has 0 saturated heterocycles. The summed E-state index contributed by atoms with van der Waals surface area (Å²) in [5, 5.41) is 0.748. The monoisotopic (exact) mass is 325 g/mol. The molecule has 0 amide bonds. The van der Waals surface area contributed by atoms with Crippen LogP contribution in [0.4, 0.5) is 0 Å². The lowest BCUT2D eigenvalue weighted by atomic mass is 9.65. The molecule has 1 aromatic carbocycles. The van der Waals surface area contributed by atoms with E-state index in [-0.39, 0.29) is 10.2 Å². The molecule has 0 bridgehead atoms. The predicted molar refractivity (Wildman–Crippen MR) is 92.6 cm³/mol. The van der Waals surface area contributed by atoms with E-state index in [1.807, 2.05) is 18.3 Å². The topological polar surface area (TPSA) is 35.4 Å². The van der Waals surface area contributed by atoms with Gasteiger partial charge in [0.15, 0.2) is 0 Å². The minimum Gasteiger partial charge on any atom is -0.591 e. The van der Waals surface area contributed by atoms with Gasteiger partial charge in [0.1, 0.15) is 16.1 Å². The second kappa shape index (κ2) is 6.72. The fourth-order valence-electron chi connectivity index (χ4n) is 2.60. The Morgan fingerprint density at radius 1 is 1.29 bits per heavy atom. The van der Waals surface area contributed by atoms with Crippen LogP contribution in [0, 0.1) is 0 Å². The minimum atomic E-state index is -1.17. The highest BCUT2D eigenvalue weighted by atomic mass is 35.5. The number of nitrogens with zero attached hydrogens (tertiary/aromatic N) is 1. The van der Waals surface area contributed by atoms with E-state index in [0.717, 1.165) is 30.7 Å². The summed E-state index contributed by atoms with van der Waals surface area (Å²) in [5.41, 5.74) is 1.19. The lowest BCUT2D eigenvalue weighted by Crippen LogP contribution is -2.38. The third-order valence-electron chi connectivity index (χ3n) is 4.98. The number of rotatable bonds is 6. The molecule has 2 rings (SSSR count). The molecule has 2 nitrogen and oxygen atoms in total. The Labute approximate surface area is 136 Å². The number of hydrogen-bond donors (Lipinski definition) is 0. The van der Waals surface area contributed by atoms with Gasteiger partial charge in [0.25, 0.3) is 0 Å². The van der Waals surface area contributed by atoms with Gasteiger partial charge in [-0.1, -0.05) is 48.4 Å². The van der Waals surface area contributed by atoms with Crippen LogP contribution < -0.4 is 0 Å². The Bertz CT molecular complexity index is 492. The van der Waals surface area contributed by atoms with Gasteiger partial charge in [-0.2, -0.15) is 0 Å². The van der Waals surface area contributed by atoms with Gasteiger partial charge in [-0.25, -0.2) is 0 Å². The normalized spacial score (nSPS) is 19.5. The molecule has 4 heteroatoms. The number of hydrogen-bond acceptors (Lipinski definition) is 2. The summed E-state index contributed by atoms with van der Waals surface area (Å²) in [6.45, 7) is 6.21. The summed E-state index contributed by atoms with van der Waals surface area (Å²) in [4.78, 5) is 0. The van der Waals surface area contributed by atoms with Gasteiger partial charge in [-0.3, -0.25) is 0 Å². The third kappa shape index (κ3) is 3.46. The van der Waals surface area contributed by atoms with Crippen LogP contribution in [0.15, 0.2) is 28.7 Å². The Balaban J connectivity index is 2.19. The van der Waals surface area contributed by atoms with Crippen LogP contribution in [0.5, 0.6) is 0 Å². The average Bonchev–Trinajstić information content (AvgIpc) is 2.46. The summed E-state index contributed by atoms with van der Waals surface area (Å²) < 4.78 is 16.7. The van der Waals surface area contributed by atoms with E-state index >= 15 is 0 Å². The molecule has 116 valence electrons. The van der Waals surface area contributed by atoms with Crippen molar-refractivity contribution in [3.8, 4) is 0 Å². The van der Waals surface area contributed by atoms with Crippen LogP contribution in [0.25, 0.3) is 0 Å². The van der Waals surface area contributed by atoms with Crippen molar-refractivity contribution in [2.45, 2.75) is 63.0 Å². The molecule has 1 unspecified atom stereocenters. The Morgan fingerprint density at radius 2 is 1.86 bits per heavy atom. The third-order valence-corrected chi connectivity index (χ3v) is 6.95. The molecule has 1 atom stereocenters. The van der Waals surface area contributed by atoms with Crippen molar-refractivity contribution in [2.75, 3.05) is 0 Å². The second-order valence-corrected chi connectivity index (χ2v) is 8.29. The standard InChI is InChI=1S/C17H24ClNOS/c1-4-16(3,5-2)21(20)19-13-17(11-6-12-17)14-7-9-15(18)10-8-14/h7-10,13H,4-6,11-12H2,1-3H3/b19-13+. The number of benzene rings is 1. The minimum absolute atomic E-state index is 0.0390. The molecule has 0 N–H and O–H groups in total. The lowest BCUT2D eigenvalue weighted by Gasteiger charge is -2.39. The first-order valence-corrected chi connectivity index (χ1v) is 9.17. The average molecular weight is 326 g/mol. The highest BCUT2D eigenvalue weighted by Gasteiger charge is 2.40. The summed E-state index contributed by atoms with van der Waals surface area (Å²) in [7, 11) is 0. The van der Waals surface area contributed by atoms with E-state index in [1.54, 1.807) is 0 Å². The zero-order valence-electron chi connectivity index (χ0n) is 13.1. The zero-order chi connectivity index (χ0) is 15.5. The van der Waals surface area contributed by atoms with Crippen LogP contribution in [0.2, 0.25) is 5.02 Å². The highest BCUT2D eigenvalue weighted by molar-refractivity contribution is 7.91. The summed E-state index contributed by atoms with van der Waals surface area (Å²) in [6.07, 6.45) is 7.04. The molecular formula is C17H24ClNOS. The first-order valence-electron chi connectivity index (χ1n) is 7.69. The fraction of sp³-hybridized carbons (Fsp3) is 0.588. The Morgan fingerprint density at radius 3 is 2.29 bits per heavy atom. The highest BCUT2D eigenvalue weighted by Crippen LogP contribution is 2.43. The molecule has 1 aliphatic rings. The molecule has 0 radical (unpaired) electrons. The summed E-state index contributed by atoms with van der Waals surface area (Å²) in [6, 6.07) is 7.97. The van der Waals surface area contributed by atoms with E-state index < -0.39 is 11.4 Å². The van der Waals surface area contributed by atoms with E-state index in [0.29, 0.717) is 0 Å². The van der Waals surface area contributed by atoms with Crippen molar-refractivity contribution in [3.05, 3.63) is 34.9 Å². The van der Waals surface area contributed by atoms with Crippen LogP contribution in [0.1, 0.15) is 58.4 Å². The van der Waals surface area contributed by atoms with Crippen molar-refractivity contribution >= 4 is 29.2 Å². The molecule has 0 heterocycles. The quantitative estimate of drug-likeness (QED) is 0.531. The van der Waals surface area contributed by atoms with Gasteiger partial charge >= 0.3 is 0 Å². The van der Waals surface area contributed by atoms with Crippen molar-refractivity contribution < 1.29 is 4.55 Å². The Kier molecular flexibility index (Phi) is 5.39. The van der Waals surface area contributed by atoms with E-state index in [2.05, 4.69) is 37.3 Å². The molecule has 1 saturated carbocycles. The van der Waals surface area contributed by atoms with Gasteiger partial charge in [0.2, 0.25) is 0 Å². The van der Waals surface area contributed by atoms with Gasteiger partial charge in [-0.15, -0.1) is 0 Å². The maximum Gasteiger partial charge on any atom is 0.149 e. The molecule has 1 aliphatic carbocycles. The van der Waals surface area contributed by atoms with Crippen molar-refractivity contribution in [1.82, 2.24) is 0 Å². The second-order valence-electron chi connectivity index (χ2n) is 6.16. The van der Waals surface area contributed by atoms with Crippen LogP contribution in [0.3, 0.4) is 0 Å². The van der Waals surface area contributed by atoms with E-state index in [9.17, 15) is 4.55 Å². The largest absolute Gasteiger partial charge is 0.591 e. The molecule has 0 aromatic heterocycles. The van der Waals surface area contributed by atoms with Gasteiger partial charge in [0.05, 0.1) is 6.21 Å². The lowest BCUT2D eigenvalue weighted by molar-refractivity contribution is 0.348. The van der Waals surface area contributed by atoms with Gasteiger partial charge < -0.3 is 4.55 Å². The van der Waals surface area contributed by atoms with Crippen LogP contribution >= 0.6 is 11.6 Å². The van der Waals surface area contributed by atoms with E-state index in [4.69, 9.17) is 11.6 Å². The van der Waals surface area contributed by atoms with Crippen molar-refractivity contribution in [2.24, 2.45) is 4.40 Å². The fourth-order valence-corrected chi connectivity index (χ4v) is 3.78. The zero-order valence-corrected chi connectivity index (χ0v) is 14.6. The summed E-state index contributed by atoms with van der Waals surface area (Å²) >= 11 is 4.79. The van der Waals surface area contributed by atoms with Gasteiger partial charge in [-0.05, 0) is 50.3 Å². The number of halogens is 1. The maximum atomic E-state index is 12.5. The molecule has 1 aromatic rings. The smallest absolute Gasteiger partial charge is 0.149 e. The molecule has 21 heavy (non-hydrogen) atoms. The van der Waals surface area contributed by atoms with Crippen LogP contribution in [-0.4, -0.2) is 15.5 Å². The van der Waals surface area contributed by atoms with Gasteiger partial charge in [0, 0.05) is 10.4 Å². The SMILES string of the molecule is CCC(C)(CC)[S+]([O-])/N=C/C1(c2ccc(Cl)cc2)CCC1. The first kappa shape index (κ1) is 16.9. The summed E-state index contributed by atoms with van der Waals surface area (Å²) in [5.74, 6) is 0. The molecule has 0 spiro atoms. The predicted octanol–water partition coefficient (Wildman–Crippen LogP) is 5.07. The van der Waals surface area contributed by atoms with E-state index in [1.165, 1.54) is 12.0 Å². The molecule has 0 aliphatic heterocycles. The van der Waals surface area contributed by atoms with Crippen molar-refractivity contribution in [1.29, 1.82) is 0 Å².